The largest absolute Gasteiger partial charge is 0.361 e. The first-order valence-electron chi connectivity index (χ1n) is 9.86. The third-order valence-electron chi connectivity index (χ3n) is 5.37. The van der Waals surface area contributed by atoms with Crippen LogP contribution >= 0.6 is 11.8 Å². The summed E-state index contributed by atoms with van der Waals surface area (Å²) < 4.78 is 7.14. The lowest BCUT2D eigenvalue weighted by Crippen LogP contribution is -2.21. The highest BCUT2D eigenvalue weighted by atomic mass is 32.2. The maximum atomic E-state index is 13.3. The van der Waals surface area contributed by atoms with E-state index in [0.717, 1.165) is 37.1 Å². The molecule has 6 nitrogen and oxygen atoms in total. The molecule has 2 heterocycles. The fourth-order valence-electron chi connectivity index (χ4n) is 3.82. The molecule has 0 amide bonds. The Labute approximate surface area is 177 Å². The molecular weight excluding hydrogens is 396 g/mol. The average molecular weight is 414 g/mol. The molecule has 0 atom stereocenters. The van der Waals surface area contributed by atoms with Crippen LogP contribution in [-0.4, -0.2) is 14.7 Å². The lowest BCUT2D eigenvalue weighted by atomic mass is 9.97. The van der Waals surface area contributed by atoms with E-state index in [1.165, 1.54) is 17.3 Å². The fourth-order valence-corrected chi connectivity index (χ4v) is 4.79. The van der Waals surface area contributed by atoms with Crippen LogP contribution in [0.2, 0.25) is 0 Å². The number of para-hydroxylation sites is 1. The molecule has 0 fully saturated rings. The number of fused-ring (bicyclic) bond motifs is 2. The van der Waals surface area contributed by atoms with Crippen molar-refractivity contribution < 1.29 is 4.52 Å². The highest BCUT2D eigenvalue weighted by molar-refractivity contribution is 7.98. The van der Waals surface area contributed by atoms with Crippen LogP contribution in [0, 0.1) is 11.3 Å². The van der Waals surface area contributed by atoms with Crippen molar-refractivity contribution in [3.63, 3.8) is 0 Å². The van der Waals surface area contributed by atoms with Gasteiger partial charge in [0.2, 0.25) is 0 Å². The maximum Gasteiger partial charge on any atom is 0.266 e. The molecule has 1 aliphatic rings. The molecule has 4 aromatic rings. The molecule has 148 valence electrons. The van der Waals surface area contributed by atoms with Gasteiger partial charge in [0, 0.05) is 17.7 Å². The number of aryl methyl sites for hydroxylation is 1. The number of nitriles is 1. The van der Waals surface area contributed by atoms with Crippen LogP contribution in [0.25, 0.3) is 16.6 Å². The van der Waals surface area contributed by atoms with Gasteiger partial charge in [-0.15, -0.1) is 0 Å². The van der Waals surface area contributed by atoms with Crippen LogP contribution in [0.1, 0.15) is 35.4 Å². The Balaban J connectivity index is 1.58. The van der Waals surface area contributed by atoms with Crippen molar-refractivity contribution in [3.8, 4) is 11.8 Å². The molecule has 0 bridgehead atoms. The third-order valence-corrected chi connectivity index (χ3v) is 6.32. The third kappa shape index (κ3) is 3.29. The van der Waals surface area contributed by atoms with Gasteiger partial charge in [0.25, 0.3) is 5.56 Å². The topological polar surface area (TPSA) is 84.7 Å². The first-order chi connectivity index (χ1) is 14.7. The predicted octanol–water partition coefficient (Wildman–Crippen LogP) is 4.42. The quantitative estimate of drug-likeness (QED) is 0.363. The van der Waals surface area contributed by atoms with E-state index in [1.807, 2.05) is 18.2 Å². The molecule has 0 N–H and O–H groups in total. The van der Waals surface area contributed by atoms with Crippen molar-refractivity contribution in [2.45, 2.75) is 36.6 Å². The van der Waals surface area contributed by atoms with Crippen molar-refractivity contribution in [3.05, 3.63) is 81.5 Å². The Morgan fingerprint density at radius 3 is 2.73 bits per heavy atom. The SMILES string of the molecule is N#Cc1ccc(-n2c(SCc3noc4c3CCCC4)nc3ccccc3c2=O)cc1. The number of rotatable bonds is 4. The zero-order valence-electron chi connectivity index (χ0n) is 16.2. The second-order valence-corrected chi connectivity index (χ2v) is 8.18. The fraction of sp³-hybridized carbons (Fsp3) is 0.217. The van der Waals surface area contributed by atoms with Crippen molar-refractivity contribution in [2.75, 3.05) is 0 Å². The normalized spacial score (nSPS) is 13.2. The summed E-state index contributed by atoms with van der Waals surface area (Å²) in [7, 11) is 0. The molecule has 30 heavy (non-hydrogen) atoms. The van der Waals surface area contributed by atoms with Gasteiger partial charge in [0.1, 0.15) is 5.76 Å². The van der Waals surface area contributed by atoms with Gasteiger partial charge < -0.3 is 4.52 Å². The minimum Gasteiger partial charge on any atom is -0.361 e. The summed E-state index contributed by atoms with van der Waals surface area (Å²) in [6.45, 7) is 0. The predicted molar refractivity (Wildman–Crippen MR) is 115 cm³/mol. The van der Waals surface area contributed by atoms with Crippen LogP contribution in [0.5, 0.6) is 0 Å². The van der Waals surface area contributed by atoms with Gasteiger partial charge in [-0.2, -0.15) is 5.26 Å². The first kappa shape index (κ1) is 18.6. The molecular formula is C23H18N4O2S. The Morgan fingerprint density at radius 1 is 1.10 bits per heavy atom. The highest BCUT2D eigenvalue weighted by Crippen LogP contribution is 2.30. The molecule has 0 saturated heterocycles. The van der Waals surface area contributed by atoms with E-state index in [2.05, 4.69) is 11.2 Å². The molecule has 0 saturated carbocycles. The number of nitrogens with zero attached hydrogens (tertiary/aromatic N) is 4. The first-order valence-corrected chi connectivity index (χ1v) is 10.8. The maximum absolute atomic E-state index is 13.3. The number of hydrogen-bond donors (Lipinski definition) is 0. The number of aromatic nitrogens is 3. The molecule has 2 aromatic carbocycles. The van der Waals surface area contributed by atoms with Crippen LogP contribution in [-0.2, 0) is 18.6 Å². The van der Waals surface area contributed by atoms with Gasteiger partial charge in [0.05, 0.1) is 33.9 Å². The minimum absolute atomic E-state index is 0.130. The van der Waals surface area contributed by atoms with Crippen molar-refractivity contribution in [2.24, 2.45) is 0 Å². The zero-order valence-corrected chi connectivity index (χ0v) is 17.0. The van der Waals surface area contributed by atoms with Gasteiger partial charge in [-0.1, -0.05) is 29.1 Å². The Bertz CT molecular complexity index is 1330. The summed E-state index contributed by atoms with van der Waals surface area (Å²) in [4.78, 5) is 18.1. The lowest BCUT2D eigenvalue weighted by molar-refractivity contribution is 0.369. The van der Waals surface area contributed by atoms with Gasteiger partial charge in [-0.3, -0.25) is 9.36 Å². The number of thioether (sulfide) groups is 1. The van der Waals surface area contributed by atoms with E-state index in [0.29, 0.717) is 33.1 Å². The summed E-state index contributed by atoms with van der Waals surface area (Å²) in [6, 6.07) is 16.4. The number of hydrogen-bond acceptors (Lipinski definition) is 6. The average Bonchev–Trinajstić information content (AvgIpc) is 3.21. The van der Waals surface area contributed by atoms with E-state index < -0.39 is 0 Å². The summed E-state index contributed by atoms with van der Waals surface area (Å²) in [5.41, 5.74) is 3.91. The highest BCUT2D eigenvalue weighted by Gasteiger charge is 2.21. The van der Waals surface area contributed by atoms with Crippen LogP contribution < -0.4 is 5.56 Å². The summed E-state index contributed by atoms with van der Waals surface area (Å²) in [5.74, 6) is 1.58. The summed E-state index contributed by atoms with van der Waals surface area (Å²) in [6.07, 6.45) is 4.22. The van der Waals surface area contributed by atoms with Crippen LogP contribution in [0.4, 0.5) is 0 Å². The van der Waals surface area contributed by atoms with Gasteiger partial charge in [0.15, 0.2) is 5.16 Å². The molecule has 2 aromatic heterocycles. The molecule has 5 rings (SSSR count). The van der Waals surface area contributed by atoms with Crippen molar-refractivity contribution in [1.82, 2.24) is 14.7 Å². The summed E-state index contributed by atoms with van der Waals surface area (Å²) in [5, 5.41) is 14.5. The second kappa shape index (κ2) is 7.81. The van der Waals surface area contributed by atoms with E-state index >= 15 is 0 Å². The van der Waals surface area contributed by atoms with Gasteiger partial charge >= 0.3 is 0 Å². The minimum atomic E-state index is -0.130. The Hall–Kier alpha value is -3.37. The zero-order chi connectivity index (χ0) is 20.5. The molecule has 0 unspecified atom stereocenters. The Kier molecular flexibility index (Phi) is 4.85. The van der Waals surface area contributed by atoms with Gasteiger partial charge in [-0.25, -0.2) is 4.98 Å². The molecule has 1 aliphatic carbocycles. The Morgan fingerprint density at radius 2 is 1.90 bits per heavy atom. The molecule has 0 aliphatic heterocycles. The van der Waals surface area contributed by atoms with E-state index in [-0.39, 0.29) is 5.56 Å². The summed E-state index contributed by atoms with van der Waals surface area (Å²) >= 11 is 1.48. The molecule has 0 radical (unpaired) electrons. The molecule has 0 spiro atoms. The standard InChI is InChI=1S/C23H18N4O2S/c24-13-15-9-11-16(12-10-15)27-22(28)18-6-1-3-7-19(18)25-23(27)30-14-20-17-5-2-4-8-21(17)29-26-20/h1,3,6-7,9-12H,2,4-5,8,14H2. The van der Waals surface area contributed by atoms with E-state index in [9.17, 15) is 4.79 Å². The second-order valence-electron chi connectivity index (χ2n) is 7.24. The van der Waals surface area contributed by atoms with Gasteiger partial charge in [-0.05, 0) is 55.7 Å². The number of benzene rings is 2. The van der Waals surface area contributed by atoms with Crippen LogP contribution in [0.15, 0.2) is 63.0 Å². The lowest BCUT2D eigenvalue weighted by Gasteiger charge is -2.13. The molecule has 7 heteroatoms. The van der Waals surface area contributed by atoms with Crippen molar-refractivity contribution >= 4 is 22.7 Å². The van der Waals surface area contributed by atoms with Crippen molar-refractivity contribution in [1.29, 1.82) is 5.26 Å². The van der Waals surface area contributed by atoms with Crippen LogP contribution in [0.3, 0.4) is 0 Å². The monoisotopic (exact) mass is 414 g/mol. The van der Waals surface area contributed by atoms with E-state index in [4.69, 9.17) is 14.8 Å². The smallest absolute Gasteiger partial charge is 0.266 e. The van der Waals surface area contributed by atoms with E-state index in [1.54, 1.807) is 34.9 Å².